The number of nitrogens with zero attached hydrogens (tertiary/aromatic N) is 1. The van der Waals surface area contributed by atoms with Crippen molar-refractivity contribution in [3.63, 3.8) is 0 Å². The first kappa shape index (κ1) is 23.7. The minimum Gasteiger partial charge on any atom is -1.00 e. The van der Waals surface area contributed by atoms with Gasteiger partial charge in [0.1, 0.15) is 0 Å². The van der Waals surface area contributed by atoms with E-state index >= 15 is 0 Å². The van der Waals surface area contributed by atoms with Crippen LogP contribution < -0.4 is 17.3 Å². The Morgan fingerprint density at radius 1 is 1.40 bits per heavy atom. The van der Waals surface area contributed by atoms with Crippen molar-refractivity contribution in [3.8, 4) is 0 Å². The number of hydrogen-bond acceptors (Lipinski definition) is 6. The number of aliphatic hydroxyl groups is 1. The Labute approximate surface area is 124 Å². The molecule has 2 N–H and O–H groups in total. The van der Waals surface area contributed by atoms with Crippen molar-refractivity contribution in [2.75, 3.05) is 27.2 Å². The van der Waals surface area contributed by atoms with E-state index in [1.165, 1.54) is 4.90 Å². The van der Waals surface area contributed by atoms with Crippen LogP contribution in [0.2, 0.25) is 0 Å². The highest BCUT2D eigenvalue weighted by Gasteiger charge is 2.08. The zero-order valence-electron chi connectivity index (χ0n) is 11.9. The number of halogens is 1. The highest BCUT2D eigenvalue weighted by atomic mass is 35.5. The number of carbonyl (C=O) groups is 1. The number of esters is 1. The number of carbonyl (C=O) groups excluding carboxylic acids is 1. The second-order valence-corrected chi connectivity index (χ2v) is 4.33. The van der Waals surface area contributed by atoms with E-state index in [2.05, 4.69) is 6.58 Å². The number of ether oxygens (including phenoxy) is 1. The van der Waals surface area contributed by atoms with Gasteiger partial charge < -0.3 is 42.5 Å². The summed E-state index contributed by atoms with van der Waals surface area (Å²) in [5, 5.41) is 24.3. The topological polar surface area (TPSA) is 117 Å². The van der Waals surface area contributed by atoms with Gasteiger partial charge in [0.2, 0.25) is 0 Å². The Morgan fingerprint density at radius 3 is 2.20 bits per heavy atom. The Balaban J connectivity index is -0.000000508. The normalized spacial score (nSPS) is 10.7. The first-order valence-corrected chi connectivity index (χ1v) is 5.78. The highest BCUT2D eigenvalue weighted by Crippen LogP contribution is 1.99. The quantitative estimate of drug-likeness (QED) is 0.215. The molecular weight excluding hydrogens is 292 g/mol. The van der Waals surface area contributed by atoms with Crippen LogP contribution in [0.5, 0.6) is 0 Å². The van der Waals surface area contributed by atoms with E-state index in [9.17, 15) is 9.90 Å². The summed E-state index contributed by atoms with van der Waals surface area (Å²) in [5.41, 5.74) is 0.391. The van der Waals surface area contributed by atoms with Gasteiger partial charge in [-0.05, 0) is 6.92 Å². The highest BCUT2D eigenvalue weighted by molar-refractivity contribution is 5.86. The average molecular weight is 314 g/mol. The lowest BCUT2D eigenvalue weighted by atomic mass is 10.2. The molecule has 20 heavy (non-hydrogen) atoms. The summed E-state index contributed by atoms with van der Waals surface area (Å²) in [7, 11) is 4.07. The molecule has 9 heteroatoms. The van der Waals surface area contributed by atoms with Crippen LogP contribution in [0.1, 0.15) is 19.8 Å². The molecule has 0 aromatic rings. The number of hydrogen-bond donors (Lipinski definition) is 2. The predicted octanol–water partition coefficient (Wildman–Crippen LogP) is -3.84. The third-order valence-corrected chi connectivity index (χ3v) is 2.01. The molecule has 0 rings (SSSR count). The SMILES string of the molecule is C=C(C)C(=O)OCCC(O)CC[NH+](C)C.O=[N+]([O-])[O-].[Cl-]. The van der Waals surface area contributed by atoms with Crippen LogP contribution in [0.3, 0.4) is 0 Å². The monoisotopic (exact) mass is 313 g/mol. The fraction of sp³-hybridized carbons (Fsp3) is 0.727. The maximum Gasteiger partial charge on any atom is 0.333 e. The van der Waals surface area contributed by atoms with Gasteiger partial charge in [-0.3, -0.25) is 0 Å². The third-order valence-electron chi connectivity index (χ3n) is 2.01. The lowest BCUT2D eigenvalue weighted by Crippen LogP contribution is -3.05. The molecule has 120 valence electrons. The van der Waals surface area contributed by atoms with Crippen LogP contribution in [0.25, 0.3) is 0 Å². The van der Waals surface area contributed by atoms with Crippen molar-refractivity contribution in [2.24, 2.45) is 0 Å². The standard InChI is InChI=1S/C11H21NO3.ClH.NO3/c1-9(2)11(14)15-8-6-10(13)5-7-12(3)4;;2-1(3)4/h10,13H,1,5-8H2,2-4H3;1H;/q;;-1. The van der Waals surface area contributed by atoms with E-state index in [1.54, 1.807) is 6.92 Å². The van der Waals surface area contributed by atoms with Crippen molar-refractivity contribution in [1.82, 2.24) is 0 Å². The maximum absolute atomic E-state index is 11.0. The van der Waals surface area contributed by atoms with Gasteiger partial charge in [0.25, 0.3) is 0 Å². The minimum absolute atomic E-state index is 0. The second-order valence-electron chi connectivity index (χ2n) is 4.33. The zero-order chi connectivity index (χ0) is 15.4. The third kappa shape index (κ3) is 21.9. The van der Waals surface area contributed by atoms with E-state index in [-0.39, 0.29) is 25.0 Å². The van der Waals surface area contributed by atoms with Crippen molar-refractivity contribution in [1.29, 1.82) is 0 Å². The van der Waals surface area contributed by atoms with Crippen LogP contribution in [0.15, 0.2) is 12.2 Å². The van der Waals surface area contributed by atoms with Gasteiger partial charge in [-0.2, -0.15) is 0 Å². The number of quaternary nitrogens is 1. The van der Waals surface area contributed by atoms with Crippen LogP contribution in [0.4, 0.5) is 0 Å². The summed E-state index contributed by atoms with van der Waals surface area (Å²) in [6.45, 7) is 6.25. The molecule has 0 aliphatic carbocycles. The van der Waals surface area contributed by atoms with Gasteiger partial charge in [-0.25, -0.2) is 4.79 Å². The van der Waals surface area contributed by atoms with Crippen molar-refractivity contribution in [3.05, 3.63) is 27.5 Å². The van der Waals surface area contributed by atoms with Crippen LogP contribution in [-0.2, 0) is 9.53 Å². The number of aliphatic hydroxyl groups excluding tert-OH is 1. The molecule has 1 unspecified atom stereocenters. The van der Waals surface area contributed by atoms with Crippen molar-refractivity contribution in [2.45, 2.75) is 25.9 Å². The fourth-order valence-electron chi connectivity index (χ4n) is 1.01. The van der Waals surface area contributed by atoms with Gasteiger partial charge in [-0.15, -0.1) is 0 Å². The van der Waals surface area contributed by atoms with Crippen molar-refractivity contribution >= 4 is 5.97 Å². The Hall–Kier alpha value is -1.38. The molecule has 0 saturated carbocycles. The molecule has 0 amide bonds. The molecule has 0 aliphatic rings. The molecule has 1 atom stereocenters. The first-order valence-electron chi connectivity index (χ1n) is 5.78. The molecule has 0 bridgehead atoms. The summed E-state index contributed by atoms with van der Waals surface area (Å²) in [5.74, 6) is -0.388. The second kappa shape index (κ2) is 14.0. The van der Waals surface area contributed by atoms with Gasteiger partial charge >= 0.3 is 5.97 Å². The van der Waals surface area contributed by atoms with Gasteiger partial charge in [0.15, 0.2) is 0 Å². The summed E-state index contributed by atoms with van der Waals surface area (Å²) >= 11 is 0. The summed E-state index contributed by atoms with van der Waals surface area (Å²) in [4.78, 5) is 20.5. The van der Waals surface area contributed by atoms with E-state index in [0.717, 1.165) is 13.0 Å². The number of nitrogens with one attached hydrogen (secondary N) is 1. The van der Waals surface area contributed by atoms with Gasteiger partial charge in [0.05, 0.1) is 38.4 Å². The van der Waals surface area contributed by atoms with Crippen LogP contribution in [0, 0.1) is 15.3 Å². The van der Waals surface area contributed by atoms with Crippen LogP contribution >= 0.6 is 0 Å². The van der Waals surface area contributed by atoms with Gasteiger partial charge in [0, 0.05) is 18.4 Å². The van der Waals surface area contributed by atoms with Crippen LogP contribution in [-0.4, -0.2) is 49.5 Å². The zero-order valence-corrected chi connectivity index (χ0v) is 12.7. The molecular formula is C11H22ClN2O6-. The Morgan fingerprint density at radius 2 is 1.85 bits per heavy atom. The lowest BCUT2D eigenvalue weighted by molar-refractivity contribution is -0.858. The summed E-state index contributed by atoms with van der Waals surface area (Å²) < 4.78 is 4.88. The average Bonchev–Trinajstić information content (AvgIpc) is 2.25. The van der Waals surface area contributed by atoms with E-state index in [4.69, 9.17) is 20.1 Å². The predicted molar refractivity (Wildman–Crippen MR) is 69.1 cm³/mol. The van der Waals surface area contributed by atoms with E-state index in [1.807, 2.05) is 14.1 Å². The lowest BCUT2D eigenvalue weighted by Gasteiger charge is -2.12. The molecule has 0 aromatic heterocycles. The molecule has 0 aromatic carbocycles. The van der Waals surface area contributed by atoms with Gasteiger partial charge in [-0.1, -0.05) is 6.58 Å². The largest absolute Gasteiger partial charge is 1.00 e. The minimum atomic E-state index is -1.75. The molecule has 0 fully saturated rings. The summed E-state index contributed by atoms with van der Waals surface area (Å²) in [6.07, 6.45) is 0.831. The maximum atomic E-state index is 11.0. The first-order chi connectivity index (χ1) is 8.66. The Kier molecular flexibility index (Phi) is 16.6. The smallest absolute Gasteiger partial charge is 0.333 e. The Bertz CT molecular complexity index is 295. The summed E-state index contributed by atoms with van der Waals surface area (Å²) in [6, 6.07) is 0. The number of rotatable bonds is 7. The van der Waals surface area contributed by atoms with E-state index in [0.29, 0.717) is 12.0 Å². The molecule has 0 saturated heterocycles. The van der Waals surface area contributed by atoms with E-state index < -0.39 is 11.2 Å². The van der Waals surface area contributed by atoms with Crippen molar-refractivity contribution < 1.29 is 37.0 Å². The fourth-order valence-corrected chi connectivity index (χ4v) is 1.01. The molecule has 0 heterocycles. The molecule has 8 nitrogen and oxygen atoms in total. The molecule has 0 aliphatic heterocycles. The molecule has 0 spiro atoms. The molecule has 0 radical (unpaired) electrons.